The van der Waals surface area contributed by atoms with E-state index in [-0.39, 0.29) is 0 Å². The third-order valence-corrected chi connectivity index (χ3v) is 3.89. The van der Waals surface area contributed by atoms with Crippen LogP contribution in [0.5, 0.6) is 0 Å². The number of likely N-dealkylation sites (tertiary alicyclic amines) is 1. The first-order valence-electron chi connectivity index (χ1n) is 6.84. The van der Waals surface area contributed by atoms with E-state index in [4.69, 9.17) is 5.73 Å². The van der Waals surface area contributed by atoms with Gasteiger partial charge in [0.05, 0.1) is 0 Å². The number of nitrogens with zero attached hydrogens (tertiary/aromatic N) is 1. The molecule has 1 heterocycles. The highest BCUT2D eigenvalue weighted by Crippen LogP contribution is 2.23. The van der Waals surface area contributed by atoms with Gasteiger partial charge in [-0.15, -0.1) is 0 Å². The van der Waals surface area contributed by atoms with Crippen molar-refractivity contribution in [1.82, 2.24) is 4.90 Å². The normalized spacial score (nSPS) is 19.9. The first-order valence-corrected chi connectivity index (χ1v) is 6.84. The molecule has 2 rings (SSSR count). The lowest BCUT2D eigenvalue weighted by Gasteiger charge is -2.28. The van der Waals surface area contributed by atoms with Crippen LogP contribution in [-0.4, -0.2) is 18.0 Å². The molecule has 2 heteroatoms. The average Bonchev–Trinajstić information content (AvgIpc) is 2.67. The van der Waals surface area contributed by atoms with Crippen LogP contribution in [0.15, 0.2) is 24.3 Å². The Labute approximate surface area is 105 Å². The number of hydrogen-bond acceptors (Lipinski definition) is 2. The van der Waals surface area contributed by atoms with Gasteiger partial charge in [0.2, 0.25) is 0 Å². The van der Waals surface area contributed by atoms with Crippen LogP contribution >= 0.6 is 0 Å². The number of benzene rings is 1. The van der Waals surface area contributed by atoms with Crippen molar-refractivity contribution >= 4 is 0 Å². The van der Waals surface area contributed by atoms with Crippen LogP contribution in [0.3, 0.4) is 0 Å². The fourth-order valence-corrected chi connectivity index (χ4v) is 2.63. The van der Waals surface area contributed by atoms with E-state index in [0.717, 1.165) is 0 Å². The Morgan fingerprint density at radius 2 is 1.65 bits per heavy atom. The summed E-state index contributed by atoms with van der Waals surface area (Å²) in [6.45, 7) is 5.46. The monoisotopic (exact) mass is 232 g/mol. The van der Waals surface area contributed by atoms with E-state index < -0.39 is 0 Å². The zero-order chi connectivity index (χ0) is 12.1. The molecule has 1 saturated heterocycles. The van der Waals surface area contributed by atoms with Gasteiger partial charge in [-0.1, -0.05) is 37.1 Å². The minimum atomic E-state index is 0.542. The standard InChI is InChI=1S/C15H24N2/c1-13(17-10-4-2-3-5-11-17)15-8-6-14(12-16)7-9-15/h6-9,13H,2-5,10-12,16H2,1H3. The summed E-state index contributed by atoms with van der Waals surface area (Å²) < 4.78 is 0. The van der Waals surface area contributed by atoms with Gasteiger partial charge in [0.25, 0.3) is 0 Å². The van der Waals surface area contributed by atoms with Crippen molar-refractivity contribution in [3.63, 3.8) is 0 Å². The summed E-state index contributed by atoms with van der Waals surface area (Å²) in [5.41, 5.74) is 8.27. The Morgan fingerprint density at radius 3 is 2.18 bits per heavy atom. The molecule has 0 radical (unpaired) electrons. The van der Waals surface area contributed by atoms with Gasteiger partial charge in [0, 0.05) is 12.6 Å². The van der Waals surface area contributed by atoms with Crippen molar-refractivity contribution in [2.75, 3.05) is 13.1 Å². The molecule has 0 bridgehead atoms. The third kappa shape index (κ3) is 3.30. The summed E-state index contributed by atoms with van der Waals surface area (Å²) in [7, 11) is 0. The Morgan fingerprint density at radius 1 is 1.06 bits per heavy atom. The van der Waals surface area contributed by atoms with Gasteiger partial charge >= 0.3 is 0 Å². The Hall–Kier alpha value is -0.860. The Bertz CT molecular complexity index is 323. The second-order valence-electron chi connectivity index (χ2n) is 5.07. The Kier molecular flexibility index (Phi) is 4.57. The Balaban J connectivity index is 2.03. The van der Waals surface area contributed by atoms with E-state index in [9.17, 15) is 0 Å². The zero-order valence-electron chi connectivity index (χ0n) is 10.9. The number of hydrogen-bond donors (Lipinski definition) is 1. The predicted octanol–water partition coefficient (Wildman–Crippen LogP) is 3.08. The summed E-state index contributed by atoms with van der Waals surface area (Å²) in [6.07, 6.45) is 5.50. The summed E-state index contributed by atoms with van der Waals surface area (Å²) >= 11 is 0. The topological polar surface area (TPSA) is 29.3 Å². The van der Waals surface area contributed by atoms with Gasteiger partial charge in [-0.25, -0.2) is 0 Å². The summed E-state index contributed by atoms with van der Waals surface area (Å²) in [5, 5.41) is 0. The maximum Gasteiger partial charge on any atom is 0.0319 e. The smallest absolute Gasteiger partial charge is 0.0319 e. The fraction of sp³-hybridized carbons (Fsp3) is 0.600. The molecule has 0 amide bonds. The maximum absolute atomic E-state index is 5.63. The fourth-order valence-electron chi connectivity index (χ4n) is 2.63. The molecule has 0 aliphatic carbocycles. The lowest BCUT2D eigenvalue weighted by Crippen LogP contribution is -2.27. The minimum absolute atomic E-state index is 0.542. The highest BCUT2D eigenvalue weighted by molar-refractivity contribution is 5.24. The van der Waals surface area contributed by atoms with E-state index in [1.54, 1.807) is 0 Å². The molecule has 1 aliphatic heterocycles. The quantitative estimate of drug-likeness (QED) is 0.867. The minimum Gasteiger partial charge on any atom is -0.326 e. The third-order valence-electron chi connectivity index (χ3n) is 3.89. The van der Waals surface area contributed by atoms with Crippen LogP contribution in [0.2, 0.25) is 0 Å². The second-order valence-corrected chi connectivity index (χ2v) is 5.07. The van der Waals surface area contributed by atoms with Crippen molar-refractivity contribution in [2.45, 2.75) is 45.2 Å². The molecule has 1 aromatic rings. The van der Waals surface area contributed by atoms with Crippen molar-refractivity contribution in [2.24, 2.45) is 5.73 Å². The predicted molar refractivity (Wildman–Crippen MR) is 72.8 cm³/mol. The number of nitrogens with two attached hydrogens (primary N) is 1. The van der Waals surface area contributed by atoms with Crippen molar-refractivity contribution in [1.29, 1.82) is 0 Å². The molecular formula is C15H24N2. The average molecular weight is 232 g/mol. The molecular weight excluding hydrogens is 208 g/mol. The molecule has 0 aromatic heterocycles. The summed E-state index contributed by atoms with van der Waals surface area (Å²) in [4.78, 5) is 2.62. The maximum atomic E-state index is 5.63. The molecule has 1 fully saturated rings. The van der Waals surface area contributed by atoms with Gasteiger partial charge in [0.15, 0.2) is 0 Å². The summed E-state index contributed by atoms with van der Waals surface area (Å²) in [6, 6.07) is 9.32. The highest BCUT2D eigenvalue weighted by atomic mass is 15.1. The van der Waals surface area contributed by atoms with E-state index in [1.165, 1.54) is 49.9 Å². The zero-order valence-corrected chi connectivity index (χ0v) is 10.9. The van der Waals surface area contributed by atoms with Crippen molar-refractivity contribution in [3.05, 3.63) is 35.4 Å². The molecule has 0 saturated carbocycles. The van der Waals surface area contributed by atoms with Gasteiger partial charge < -0.3 is 5.73 Å². The van der Waals surface area contributed by atoms with Crippen LogP contribution < -0.4 is 5.73 Å². The molecule has 1 unspecified atom stereocenters. The van der Waals surface area contributed by atoms with Crippen molar-refractivity contribution < 1.29 is 0 Å². The largest absolute Gasteiger partial charge is 0.326 e. The van der Waals surface area contributed by atoms with Crippen LogP contribution in [0, 0.1) is 0 Å². The molecule has 1 atom stereocenters. The van der Waals surface area contributed by atoms with Crippen LogP contribution in [0.4, 0.5) is 0 Å². The number of rotatable bonds is 3. The van der Waals surface area contributed by atoms with Crippen LogP contribution in [0.25, 0.3) is 0 Å². The van der Waals surface area contributed by atoms with E-state index >= 15 is 0 Å². The molecule has 94 valence electrons. The second kappa shape index (κ2) is 6.18. The SMILES string of the molecule is CC(c1ccc(CN)cc1)N1CCCCCC1. The van der Waals surface area contributed by atoms with E-state index in [2.05, 4.69) is 36.1 Å². The molecule has 2 nitrogen and oxygen atoms in total. The van der Waals surface area contributed by atoms with E-state index in [1.807, 2.05) is 0 Å². The van der Waals surface area contributed by atoms with Crippen LogP contribution in [-0.2, 0) is 6.54 Å². The lowest BCUT2D eigenvalue weighted by molar-refractivity contribution is 0.219. The molecule has 1 aliphatic rings. The molecule has 2 N–H and O–H groups in total. The summed E-state index contributed by atoms with van der Waals surface area (Å²) in [5.74, 6) is 0. The van der Waals surface area contributed by atoms with Gasteiger partial charge in [-0.2, -0.15) is 0 Å². The van der Waals surface area contributed by atoms with Crippen LogP contribution in [0.1, 0.15) is 49.8 Å². The molecule has 17 heavy (non-hydrogen) atoms. The van der Waals surface area contributed by atoms with Gasteiger partial charge in [-0.3, -0.25) is 4.90 Å². The first kappa shape index (κ1) is 12.6. The molecule has 1 aromatic carbocycles. The highest BCUT2D eigenvalue weighted by Gasteiger charge is 2.16. The first-order chi connectivity index (χ1) is 8.31. The molecule has 0 spiro atoms. The van der Waals surface area contributed by atoms with E-state index in [0.29, 0.717) is 12.6 Å². The van der Waals surface area contributed by atoms with Gasteiger partial charge in [-0.05, 0) is 44.0 Å². The lowest BCUT2D eigenvalue weighted by atomic mass is 10.0. The van der Waals surface area contributed by atoms with Gasteiger partial charge in [0.1, 0.15) is 0 Å². The van der Waals surface area contributed by atoms with Crippen molar-refractivity contribution in [3.8, 4) is 0 Å².